The average Bonchev–Trinajstić information content (AvgIpc) is 3.11. The lowest BCUT2D eigenvalue weighted by molar-refractivity contribution is -0.402. The van der Waals surface area contributed by atoms with Crippen LogP contribution in [0.15, 0.2) is 0 Å². The normalized spacial score (nSPS) is 49.0. The van der Waals surface area contributed by atoms with Gasteiger partial charge in [-0.1, -0.05) is 20.8 Å². The number of alkyl halides is 3. The standard InChI is InChI=1S/C30H43F3O8/c1-14-13-29(37,30(31,32)33)41-23-11-21-25-20(12-24(40-17(4)36)28(21,6)26(14)23)27(5)8-7-19(38-15(2)34)9-18(27)10-22(25)39-16(3)35/h14,18-26,37H,7-13H2,1-6H3/t14-,18+,19-,20+,21+,22-,23+,24+,25-,26+,27+,28-,29?/m1/s1. The first-order valence-electron chi connectivity index (χ1n) is 14.9. The van der Waals surface area contributed by atoms with Gasteiger partial charge < -0.3 is 24.1 Å². The molecule has 0 radical (unpaired) electrons. The van der Waals surface area contributed by atoms with Crippen molar-refractivity contribution in [1.82, 2.24) is 0 Å². The van der Waals surface area contributed by atoms with Gasteiger partial charge in [0.15, 0.2) is 0 Å². The molecular weight excluding hydrogens is 545 g/mol. The third-order valence-electron chi connectivity index (χ3n) is 11.7. The molecular formula is C30H43F3O8. The fourth-order valence-corrected chi connectivity index (χ4v) is 10.3. The first-order chi connectivity index (χ1) is 18.9. The van der Waals surface area contributed by atoms with Crippen molar-refractivity contribution in [1.29, 1.82) is 0 Å². The van der Waals surface area contributed by atoms with E-state index in [-0.39, 0.29) is 47.6 Å². The van der Waals surface area contributed by atoms with Crippen LogP contribution in [0.25, 0.3) is 0 Å². The predicted octanol–water partition coefficient (Wildman–Crippen LogP) is 4.95. The van der Waals surface area contributed by atoms with E-state index in [9.17, 15) is 32.7 Å². The third-order valence-corrected chi connectivity index (χ3v) is 11.7. The highest BCUT2D eigenvalue weighted by molar-refractivity contribution is 5.67. The molecule has 1 saturated heterocycles. The molecule has 5 rings (SSSR count). The molecule has 4 aliphatic carbocycles. The van der Waals surface area contributed by atoms with Gasteiger partial charge >= 0.3 is 24.1 Å². The molecule has 1 unspecified atom stereocenters. The van der Waals surface area contributed by atoms with Crippen LogP contribution in [0.5, 0.6) is 0 Å². The fraction of sp³-hybridized carbons (Fsp3) is 0.900. The molecule has 4 saturated carbocycles. The topological polar surface area (TPSA) is 108 Å². The third kappa shape index (κ3) is 4.86. The Morgan fingerprint density at radius 2 is 1.54 bits per heavy atom. The molecule has 1 N–H and O–H groups in total. The highest BCUT2D eigenvalue weighted by Crippen LogP contribution is 2.71. The van der Waals surface area contributed by atoms with E-state index in [1.165, 1.54) is 20.8 Å². The summed E-state index contributed by atoms with van der Waals surface area (Å²) < 4.78 is 65.0. The average molecular weight is 589 g/mol. The Morgan fingerprint density at radius 1 is 0.902 bits per heavy atom. The number of hydrogen-bond acceptors (Lipinski definition) is 8. The van der Waals surface area contributed by atoms with Gasteiger partial charge in [-0.15, -0.1) is 0 Å². The maximum Gasteiger partial charge on any atom is 0.443 e. The molecule has 13 atom stereocenters. The van der Waals surface area contributed by atoms with E-state index >= 15 is 0 Å². The van der Waals surface area contributed by atoms with Gasteiger partial charge in [0.1, 0.15) is 18.3 Å². The predicted molar refractivity (Wildman–Crippen MR) is 138 cm³/mol. The quantitative estimate of drug-likeness (QED) is 0.365. The Labute approximate surface area is 239 Å². The van der Waals surface area contributed by atoms with E-state index in [4.69, 9.17) is 18.9 Å². The van der Waals surface area contributed by atoms with Gasteiger partial charge in [0.05, 0.1) is 6.10 Å². The van der Waals surface area contributed by atoms with Crippen molar-refractivity contribution in [3.63, 3.8) is 0 Å². The van der Waals surface area contributed by atoms with E-state index in [1.807, 2.05) is 6.92 Å². The van der Waals surface area contributed by atoms with Crippen LogP contribution in [-0.2, 0) is 33.3 Å². The summed E-state index contributed by atoms with van der Waals surface area (Å²) in [5.41, 5.74) is -0.995. The van der Waals surface area contributed by atoms with Crippen LogP contribution in [0, 0.1) is 46.3 Å². The number of carbonyl (C=O) groups excluding carboxylic acids is 3. The largest absolute Gasteiger partial charge is 0.463 e. The van der Waals surface area contributed by atoms with Crippen molar-refractivity contribution < 1.29 is 51.6 Å². The van der Waals surface area contributed by atoms with Crippen molar-refractivity contribution in [2.75, 3.05) is 0 Å². The molecule has 1 aliphatic heterocycles. The Morgan fingerprint density at radius 3 is 2.12 bits per heavy atom. The van der Waals surface area contributed by atoms with E-state index in [0.29, 0.717) is 25.7 Å². The van der Waals surface area contributed by atoms with Gasteiger partial charge in [-0.05, 0) is 73.5 Å². The second-order valence-electron chi connectivity index (χ2n) is 14.0. The molecule has 232 valence electrons. The lowest BCUT2D eigenvalue weighted by atomic mass is 9.43. The number of carbonyl (C=O) groups is 3. The number of fused-ring (bicyclic) bond motifs is 7. The highest BCUT2D eigenvalue weighted by Gasteiger charge is 2.73. The molecule has 5 aliphatic rings. The molecule has 0 bridgehead atoms. The molecule has 0 amide bonds. The van der Waals surface area contributed by atoms with Crippen LogP contribution < -0.4 is 0 Å². The zero-order valence-corrected chi connectivity index (χ0v) is 24.7. The van der Waals surface area contributed by atoms with Crippen molar-refractivity contribution in [3.05, 3.63) is 0 Å². The number of aliphatic hydroxyl groups is 1. The summed E-state index contributed by atoms with van der Waals surface area (Å²) in [6, 6.07) is 0. The second kappa shape index (κ2) is 10.1. The minimum atomic E-state index is -4.95. The van der Waals surface area contributed by atoms with Gasteiger partial charge in [-0.25, -0.2) is 0 Å². The van der Waals surface area contributed by atoms with Gasteiger partial charge in [0.25, 0.3) is 5.79 Å². The van der Waals surface area contributed by atoms with Crippen molar-refractivity contribution >= 4 is 17.9 Å². The molecule has 0 aromatic carbocycles. The number of hydrogen-bond donors (Lipinski definition) is 1. The number of halogens is 3. The summed E-state index contributed by atoms with van der Waals surface area (Å²) in [7, 11) is 0. The fourth-order valence-electron chi connectivity index (χ4n) is 10.3. The molecule has 0 spiro atoms. The van der Waals surface area contributed by atoms with Gasteiger partial charge in [0.2, 0.25) is 0 Å². The van der Waals surface area contributed by atoms with Crippen LogP contribution >= 0.6 is 0 Å². The summed E-state index contributed by atoms with van der Waals surface area (Å²) >= 11 is 0. The van der Waals surface area contributed by atoms with E-state index in [2.05, 4.69) is 6.92 Å². The summed E-state index contributed by atoms with van der Waals surface area (Å²) in [6.07, 6.45) is -4.43. The molecule has 8 nitrogen and oxygen atoms in total. The van der Waals surface area contributed by atoms with Gasteiger partial charge in [-0.3, -0.25) is 14.4 Å². The highest BCUT2D eigenvalue weighted by atomic mass is 19.4. The van der Waals surface area contributed by atoms with Crippen LogP contribution in [-0.4, -0.2) is 59.4 Å². The molecule has 0 aromatic rings. The smallest absolute Gasteiger partial charge is 0.443 e. The summed E-state index contributed by atoms with van der Waals surface area (Å²) in [5.74, 6) is -5.89. The van der Waals surface area contributed by atoms with Gasteiger partial charge in [-0.2, -0.15) is 13.2 Å². The van der Waals surface area contributed by atoms with Crippen molar-refractivity contribution in [3.8, 4) is 0 Å². The van der Waals surface area contributed by atoms with Crippen molar-refractivity contribution in [2.24, 2.45) is 46.3 Å². The first-order valence-corrected chi connectivity index (χ1v) is 14.9. The molecule has 5 fully saturated rings. The first kappa shape index (κ1) is 30.6. The Kier molecular flexibility index (Phi) is 7.53. The van der Waals surface area contributed by atoms with Gasteiger partial charge in [0, 0.05) is 38.5 Å². The SMILES string of the molecule is CC(=O)O[C@@H]1CC[C@@]2(C)[C@@H](C1)C[C@@H](OC(C)=O)[C@@H]1[C@@H]2C[C@H](OC(C)=O)[C@]2(C)[C@H]3[C@H](C)CC(O)(C(F)(F)F)O[C@H]3C[C@@H]12. The Balaban J connectivity index is 1.57. The summed E-state index contributed by atoms with van der Waals surface area (Å²) in [5, 5.41) is 10.6. The summed E-state index contributed by atoms with van der Waals surface area (Å²) in [6.45, 7) is 10.00. The number of ether oxygens (including phenoxy) is 4. The maximum atomic E-state index is 14.0. The lowest BCUT2D eigenvalue weighted by Crippen LogP contribution is -2.64. The zero-order chi connectivity index (χ0) is 30.3. The van der Waals surface area contributed by atoms with Crippen LogP contribution in [0.1, 0.15) is 86.5 Å². The molecule has 41 heavy (non-hydrogen) atoms. The Bertz CT molecular complexity index is 1080. The zero-order valence-electron chi connectivity index (χ0n) is 24.7. The Hall–Kier alpha value is -1.88. The lowest BCUT2D eigenvalue weighted by Gasteiger charge is -2.64. The van der Waals surface area contributed by atoms with Crippen molar-refractivity contribution in [2.45, 2.75) is 123 Å². The number of rotatable bonds is 3. The summed E-state index contributed by atoms with van der Waals surface area (Å²) in [4.78, 5) is 36.5. The van der Waals surface area contributed by atoms with E-state index in [1.54, 1.807) is 6.92 Å². The van der Waals surface area contributed by atoms with Crippen LogP contribution in [0.2, 0.25) is 0 Å². The van der Waals surface area contributed by atoms with Crippen LogP contribution in [0.4, 0.5) is 13.2 Å². The van der Waals surface area contributed by atoms with E-state index < -0.39 is 65.9 Å². The molecule has 1 heterocycles. The molecule has 0 aromatic heterocycles. The minimum absolute atomic E-state index is 0.0525. The van der Waals surface area contributed by atoms with Crippen LogP contribution in [0.3, 0.4) is 0 Å². The van der Waals surface area contributed by atoms with E-state index in [0.717, 1.165) is 6.42 Å². The minimum Gasteiger partial charge on any atom is -0.463 e. The molecule has 11 heteroatoms. The monoisotopic (exact) mass is 588 g/mol. The number of esters is 3. The maximum absolute atomic E-state index is 14.0. The second-order valence-corrected chi connectivity index (χ2v) is 14.0.